The number of thiocarbonyl (C=S) groups is 1. The van der Waals surface area contributed by atoms with Crippen LogP contribution in [-0.4, -0.2) is 16.0 Å². The number of amides is 1. The van der Waals surface area contributed by atoms with Crippen molar-refractivity contribution >= 4 is 60.9 Å². The monoisotopic (exact) mass is 427 g/mol. The van der Waals surface area contributed by atoms with Gasteiger partial charge in [0.2, 0.25) is 5.91 Å². The van der Waals surface area contributed by atoms with Gasteiger partial charge in [-0.3, -0.25) is 4.79 Å². The van der Waals surface area contributed by atoms with E-state index in [1.54, 1.807) is 6.20 Å². The first-order valence-electron chi connectivity index (χ1n) is 6.00. The minimum absolute atomic E-state index is 0.174. The van der Waals surface area contributed by atoms with E-state index in [4.69, 9.17) is 12.2 Å². The van der Waals surface area contributed by atoms with Crippen LogP contribution in [0.25, 0.3) is 0 Å². The van der Waals surface area contributed by atoms with E-state index in [9.17, 15) is 4.79 Å². The van der Waals surface area contributed by atoms with E-state index in [0.29, 0.717) is 5.82 Å². The molecule has 0 saturated carbocycles. The third-order valence-corrected chi connectivity index (χ3v) is 3.74. The van der Waals surface area contributed by atoms with Crippen LogP contribution in [0, 0.1) is 0 Å². The standard InChI is InChI=1S/C14H11Br2N3OS/c15-10-7-11(16)13(17-8-10)19-14(21)18-12(20)6-9-4-2-1-3-5-9/h1-5,7-8H,6H2,(H2,17,18,19,20,21). The largest absolute Gasteiger partial charge is 0.316 e. The highest BCUT2D eigenvalue weighted by Gasteiger charge is 2.08. The fourth-order valence-corrected chi connectivity index (χ4v) is 2.89. The Hall–Kier alpha value is -1.31. The van der Waals surface area contributed by atoms with Crippen LogP contribution in [0.2, 0.25) is 0 Å². The molecule has 0 atom stereocenters. The van der Waals surface area contributed by atoms with E-state index in [2.05, 4.69) is 47.5 Å². The molecule has 1 aromatic carbocycles. The van der Waals surface area contributed by atoms with Crippen molar-refractivity contribution in [3.05, 3.63) is 57.1 Å². The molecule has 1 heterocycles. The number of aromatic nitrogens is 1. The fourth-order valence-electron chi connectivity index (χ4n) is 1.60. The summed E-state index contributed by atoms with van der Waals surface area (Å²) in [7, 11) is 0. The van der Waals surface area contributed by atoms with Gasteiger partial charge in [0, 0.05) is 10.7 Å². The Balaban J connectivity index is 1.91. The van der Waals surface area contributed by atoms with Crippen LogP contribution in [0.3, 0.4) is 0 Å². The van der Waals surface area contributed by atoms with Gasteiger partial charge >= 0.3 is 0 Å². The van der Waals surface area contributed by atoms with Crippen molar-refractivity contribution in [1.29, 1.82) is 0 Å². The summed E-state index contributed by atoms with van der Waals surface area (Å²) in [6, 6.07) is 11.3. The van der Waals surface area contributed by atoms with E-state index in [-0.39, 0.29) is 17.4 Å². The second kappa shape index (κ2) is 7.63. The molecule has 0 radical (unpaired) electrons. The average molecular weight is 429 g/mol. The molecule has 0 bridgehead atoms. The molecule has 4 nitrogen and oxygen atoms in total. The Kier molecular flexibility index (Phi) is 5.84. The Morgan fingerprint density at radius 3 is 2.62 bits per heavy atom. The number of hydrogen-bond donors (Lipinski definition) is 2. The maximum Gasteiger partial charge on any atom is 0.230 e. The number of anilines is 1. The van der Waals surface area contributed by atoms with Gasteiger partial charge in [-0.25, -0.2) is 4.98 Å². The molecule has 0 spiro atoms. The van der Waals surface area contributed by atoms with E-state index < -0.39 is 0 Å². The number of rotatable bonds is 3. The lowest BCUT2D eigenvalue weighted by Gasteiger charge is -2.10. The summed E-state index contributed by atoms with van der Waals surface area (Å²) in [5.74, 6) is 0.371. The number of halogens is 2. The van der Waals surface area contributed by atoms with Crippen LogP contribution in [0.15, 0.2) is 51.5 Å². The van der Waals surface area contributed by atoms with E-state index in [1.807, 2.05) is 36.4 Å². The molecule has 2 aromatic rings. The van der Waals surface area contributed by atoms with Crippen molar-refractivity contribution in [2.45, 2.75) is 6.42 Å². The summed E-state index contributed by atoms with van der Waals surface area (Å²) in [5.41, 5.74) is 0.931. The summed E-state index contributed by atoms with van der Waals surface area (Å²) in [6.45, 7) is 0. The zero-order chi connectivity index (χ0) is 15.2. The third-order valence-electron chi connectivity index (χ3n) is 2.50. The van der Waals surface area contributed by atoms with Crippen LogP contribution < -0.4 is 10.6 Å². The molecule has 1 aromatic heterocycles. The summed E-state index contributed by atoms with van der Waals surface area (Å²) in [5, 5.41) is 5.72. The number of carbonyl (C=O) groups excluding carboxylic acids is 1. The van der Waals surface area contributed by atoms with Crippen LogP contribution in [0.4, 0.5) is 5.82 Å². The molecule has 0 saturated heterocycles. The summed E-state index contributed by atoms with van der Waals surface area (Å²) in [6.07, 6.45) is 1.92. The SMILES string of the molecule is O=C(Cc1ccccc1)NC(=S)Nc1ncc(Br)cc1Br. The zero-order valence-electron chi connectivity index (χ0n) is 10.8. The number of nitrogens with one attached hydrogen (secondary N) is 2. The normalized spacial score (nSPS) is 10.0. The predicted octanol–water partition coefficient (Wildman–Crippen LogP) is 3.66. The van der Waals surface area contributed by atoms with Gasteiger partial charge in [0.05, 0.1) is 10.9 Å². The molecule has 0 aliphatic heterocycles. The second-order valence-corrected chi connectivity index (χ2v) is 6.33. The highest BCUT2D eigenvalue weighted by molar-refractivity contribution is 9.11. The van der Waals surface area contributed by atoms with E-state index in [0.717, 1.165) is 14.5 Å². The minimum atomic E-state index is -0.174. The van der Waals surface area contributed by atoms with Crippen molar-refractivity contribution in [3.63, 3.8) is 0 Å². The lowest BCUT2D eigenvalue weighted by Crippen LogP contribution is -2.35. The van der Waals surface area contributed by atoms with Crippen LogP contribution in [0.5, 0.6) is 0 Å². The molecule has 7 heteroatoms. The number of hydrogen-bond acceptors (Lipinski definition) is 3. The topological polar surface area (TPSA) is 54.0 Å². The zero-order valence-corrected chi connectivity index (χ0v) is 14.8. The van der Waals surface area contributed by atoms with Gasteiger partial charge in [-0.15, -0.1) is 0 Å². The van der Waals surface area contributed by atoms with Crippen LogP contribution >= 0.6 is 44.1 Å². The Morgan fingerprint density at radius 1 is 1.24 bits per heavy atom. The highest BCUT2D eigenvalue weighted by atomic mass is 79.9. The number of carbonyl (C=O) groups is 1. The molecule has 0 fully saturated rings. The lowest BCUT2D eigenvalue weighted by molar-refractivity contribution is -0.119. The summed E-state index contributed by atoms with van der Waals surface area (Å²) >= 11 is 11.8. The van der Waals surface area contributed by atoms with Gasteiger partial charge in [0.25, 0.3) is 0 Å². The van der Waals surface area contributed by atoms with Crippen molar-refractivity contribution in [2.75, 3.05) is 5.32 Å². The average Bonchev–Trinajstić information content (AvgIpc) is 2.43. The van der Waals surface area contributed by atoms with Crippen LogP contribution in [-0.2, 0) is 11.2 Å². The Morgan fingerprint density at radius 2 is 1.95 bits per heavy atom. The van der Waals surface area contributed by atoms with Gasteiger partial charge in [0.1, 0.15) is 5.82 Å². The molecular weight excluding hydrogens is 418 g/mol. The molecule has 0 aliphatic rings. The predicted molar refractivity (Wildman–Crippen MR) is 94.1 cm³/mol. The van der Waals surface area contributed by atoms with Crippen molar-refractivity contribution in [1.82, 2.24) is 10.3 Å². The summed E-state index contributed by atoms with van der Waals surface area (Å²) < 4.78 is 1.59. The number of nitrogens with zero attached hydrogens (tertiary/aromatic N) is 1. The molecule has 21 heavy (non-hydrogen) atoms. The minimum Gasteiger partial charge on any atom is -0.316 e. The van der Waals surface area contributed by atoms with Gasteiger partial charge in [0.15, 0.2) is 5.11 Å². The van der Waals surface area contributed by atoms with Crippen molar-refractivity contribution in [2.24, 2.45) is 0 Å². The third kappa shape index (κ3) is 5.18. The highest BCUT2D eigenvalue weighted by Crippen LogP contribution is 2.23. The summed E-state index contributed by atoms with van der Waals surface area (Å²) in [4.78, 5) is 16.0. The smallest absolute Gasteiger partial charge is 0.230 e. The molecular formula is C14H11Br2N3OS. The maximum absolute atomic E-state index is 11.9. The van der Waals surface area contributed by atoms with E-state index >= 15 is 0 Å². The van der Waals surface area contributed by atoms with Gasteiger partial charge in [-0.1, -0.05) is 30.3 Å². The Labute approximate surface area is 144 Å². The van der Waals surface area contributed by atoms with Crippen molar-refractivity contribution < 1.29 is 4.79 Å². The van der Waals surface area contributed by atoms with Crippen LogP contribution in [0.1, 0.15) is 5.56 Å². The lowest BCUT2D eigenvalue weighted by atomic mass is 10.1. The van der Waals surface area contributed by atoms with Crippen molar-refractivity contribution in [3.8, 4) is 0 Å². The molecule has 0 aliphatic carbocycles. The van der Waals surface area contributed by atoms with Gasteiger partial charge in [-0.2, -0.15) is 0 Å². The molecule has 1 amide bonds. The number of pyridine rings is 1. The molecule has 108 valence electrons. The maximum atomic E-state index is 11.9. The van der Waals surface area contributed by atoms with Gasteiger partial charge in [-0.05, 0) is 55.7 Å². The second-order valence-electron chi connectivity index (χ2n) is 4.15. The van der Waals surface area contributed by atoms with E-state index in [1.165, 1.54) is 0 Å². The first-order chi connectivity index (χ1) is 10.0. The number of benzene rings is 1. The first-order valence-corrected chi connectivity index (χ1v) is 8.00. The van der Waals surface area contributed by atoms with Gasteiger partial charge < -0.3 is 10.6 Å². The quantitative estimate of drug-likeness (QED) is 0.732. The molecule has 2 rings (SSSR count). The molecule has 0 unspecified atom stereocenters. The fraction of sp³-hybridized carbons (Fsp3) is 0.0714. The Bertz CT molecular complexity index is 665. The molecule has 2 N–H and O–H groups in total. The first kappa shape index (κ1) is 16.1.